The Labute approximate surface area is 302 Å². The number of thiazole rings is 1. The number of hydrogen-bond donors (Lipinski definition) is 0. The average molecular weight is 705 g/mol. The van der Waals surface area contributed by atoms with Gasteiger partial charge in [0.1, 0.15) is 27.6 Å². The number of thiophene rings is 1. The van der Waals surface area contributed by atoms with Gasteiger partial charge in [0.2, 0.25) is 0 Å². The van der Waals surface area contributed by atoms with Crippen LogP contribution in [-0.2, 0) is 10.3 Å². The van der Waals surface area contributed by atoms with Gasteiger partial charge in [-0.3, -0.25) is 13.9 Å². The number of rotatable bonds is 8. The highest BCUT2D eigenvalue weighted by Gasteiger charge is 2.40. The Kier molecular flexibility index (Phi) is 8.12. The molecular weight excluding hydrogens is 673 g/mol. The summed E-state index contributed by atoms with van der Waals surface area (Å²) in [7, 11) is 0. The molecule has 0 N–H and O–H groups in total. The van der Waals surface area contributed by atoms with Crippen LogP contribution in [-0.4, -0.2) is 61.3 Å². The predicted octanol–water partition coefficient (Wildman–Crippen LogP) is 8.36. The van der Waals surface area contributed by atoms with Crippen molar-refractivity contribution in [2.75, 3.05) is 26.3 Å². The second-order valence-corrected chi connectivity index (χ2v) is 14.3. The van der Waals surface area contributed by atoms with E-state index in [1.165, 1.54) is 11.3 Å². The van der Waals surface area contributed by atoms with E-state index < -0.39 is 5.54 Å². The largest absolute Gasteiger partial charge is 0.378 e. The van der Waals surface area contributed by atoms with Crippen molar-refractivity contribution in [2.45, 2.75) is 5.54 Å². The fourth-order valence-electron chi connectivity index (χ4n) is 7.02. The third-order valence-electron chi connectivity index (χ3n) is 9.45. The number of imidazole rings is 1. The highest BCUT2D eigenvalue weighted by Crippen LogP contribution is 2.44. The Hall–Kier alpha value is -5.68. The van der Waals surface area contributed by atoms with Crippen molar-refractivity contribution in [1.82, 2.24) is 29.0 Å². The number of aromatic nitrogens is 5. The van der Waals surface area contributed by atoms with Crippen LogP contribution in [0.15, 0.2) is 145 Å². The summed E-state index contributed by atoms with van der Waals surface area (Å²) in [6, 6.07) is 39.7. The summed E-state index contributed by atoms with van der Waals surface area (Å²) in [6.45, 7) is 2.29. The van der Waals surface area contributed by atoms with Gasteiger partial charge in [-0.15, -0.1) is 22.7 Å². The number of morpholine rings is 1. The normalized spacial score (nSPS) is 13.5. The van der Waals surface area contributed by atoms with E-state index in [1.54, 1.807) is 11.3 Å². The standard InChI is InChI=1S/C41H32N6O2S2/c48-40(45-21-23-49-24-22-45)36-18-17-35(51-36)38-33(29-16-19-37-43-26-34(46(37)27-29)39-42-20-25-50-39)28-47(44-38)41(30-10-4-1-5-11-30,31-12-6-2-7-13-31)32-14-8-3-9-15-32/h1-20,25-28H,21-24H2. The van der Waals surface area contributed by atoms with Crippen LogP contribution in [0, 0.1) is 0 Å². The van der Waals surface area contributed by atoms with E-state index in [0.29, 0.717) is 31.2 Å². The minimum atomic E-state index is -0.814. The van der Waals surface area contributed by atoms with E-state index in [4.69, 9.17) is 9.84 Å². The molecule has 0 spiro atoms. The van der Waals surface area contributed by atoms with Crippen molar-refractivity contribution in [1.29, 1.82) is 0 Å². The highest BCUT2D eigenvalue weighted by molar-refractivity contribution is 7.17. The molecular formula is C41H32N6O2S2. The van der Waals surface area contributed by atoms with Crippen molar-refractivity contribution >= 4 is 34.2 Å². The van der Waals surface area contributed by atoms with Crippen LogP contribution >= 0.6 is 22.7 Å². The quantitative estimate of drug-likeness (QED) is 0.149. The molecule has 3 aromatic carbocycles. The smallest absolute Gasteiger partial charge is 0.264 e. The molecule has 51 heavy (non-hydrogen) atoms. The third kappa shape index (κ3) is 5.48. The molecule has 1 aliphatic heterocycles. The molecule has 0 radical (unpaired) electrons. The Morgan fingerprint density at radius 1 is 0.745 bits per heavy atom. The Morgan fingerprint density at radius 3 is 2.04 bits per heavy atom. The van der Waals surface area contributed by atoms with Gasteiger partial charge in [0, 0.05) is 48.2 Å². The molecule has 8 nitrogen and oxygen atoms in total. The number of fused-ring (bicyclic) bond motifs is 1. The first-order valence-corrected chi connectivity index (χ1v) is 18.5. The minimum absolute atomic E-state index is 0.0238. The second kappa shape index (κ2) is 13.2. The number of nitrogens with zero attached hydrogens (tertiary/aromatic N) is 6. The topological polar surface area (TPSA) is 77.5 Å². The van der Waals surface area contributed by atoms with Crippen molar-refractivity contribution in [3.63, 3.8) is 0 Å². The first-order valence-electron chi connectivity index (χ1n) is 16.8. The highest BCUT2D eigenvalue weighted by atomic mass is 32.1. The Morgan fingerprint density at radius 2 is 1.41 bits per heavy atom. The molecule has 1 saturated heterocycles. The van der Waals surface area contributed by atoms with E-state index in [1.807, 2.05) is 59.1 Å². The summed E-state index contributed by atoms with van der Waals surface area (Å²) in [5.74, 6) is 0.0238. The number of carbonyl (C=O) groups excluding carboxylic acids is 1. The predicted molar refractivity (Wildman–Crippen MR) is 202 cm³/mol. The van der Waals surface area contributed by atoms with Gasteiger partial charge in [-0.1, -0.05) is 91.0 Å². The second-order valence-electron chi connectivity index (χ2n) is 12.3. The monoisotopic (exact) mass is 704 g/mol. The molecule has 5 aromatic heterocycles. The SMILES string of the molecule is O=C(c1ccc(-c2nn(C(c3ccccc3)(c3ccccc3)c3ccccc3)cc2-c2ccc3ncc(-c4nccs4)n3c2)s1)N1CCOCC1. The molecule has 0 unspecified atom stereocenters. The zero-order chi connectivity index (χ0) is 34.2. The van der Waals surface area contributed by atoms with E-state index in [-0.39, 0.29) is 5.91 Å². The fourth-order valence-corrected chi connectivity index (χ4v) is 8.64. The van der Waals surface area contributed by atoms with Crippen LogP contribution < -0.4 is 0 Å². The molecule has 1 fully saturated rings. The van der Waals surface area contributed by atoms with E-state index >= 15 is 0 Å². The molecule has 8 aromatic rings. The number of benzene rings is 3. The van der Waals surface area contributed by atoms with Crippen molar-refractivity contribution in [2.24, 2.45) is 0 Å². The summed E-state index contributed by atoms with van der Waals surface area (Å²) in [5.41, 5.74) is 6.88. The van der Waals surface area contributed by atoms with Gasteiger partial charge >= 0.3 is 0 Å². The molecule has 250 valence electrons. The summed E-state index contributed by atoms with van der Waals surface area (Å²) in [6.07, 6.45) is 7.96. The van der Waals surface area contributed by atoms with Gasteiger partial charge in [-0.25, -0.2) is 9.97 Å². The van der Waals surface area contributed by atoms with Crippen LogP contribution in [0.5, 0.6) is 0 Å². The Bertz CT molecular complexity index is 2330. The lowest BCUT2D eigenvalue weighted by Gasteiger charge is -2.36. The molecule has 0 bridgehead atoms. The van der Waals surface area contributed by atoms with Gasteiger partial charge in [-0.2, -0.15) is 5.10 Å². The van der Waals surface area contributed by atoms with E-state index in [9.17, 15) is 4.79 Å². The fraction of sp³-hybridized carbons (Fsp3) is 0.122. The minimum Gasteiger partial charge on any atom is -0.378 e. The first-order chi connectivity index (χ1) is 25.2. The van der Waals surface area contributed by atoms with Crippen molar-refractivity contribution < 1.29 is 9.53 Å². The lowest BCUT2D eigenvalue weighted by atomic mass is 9.77. The van der Waals surface area contributed by atoms with E-state index in [2.05, 4.69) is 110 Å². The number of hydrogen-bond acceptors (Lipinski definition) is 7. The van der Waals surface area contributed by atoms with Crippen LogP contribution in [0.25, 0.3) is 38.0 Å². The lowest BCUT2D eigenvalue weighted by molar-refractivity contribution is 0.0306. The summed E-state index contributed by atoms with van der Waals surface area (Å²) in [5, 5.41) is 8.41. The number of carbonyl (C=O) groups is 1. The van der Waals surface area contributed by atoms with Gasteiger partial charge in [0.25, 0.3) is 5.91 Å². The number of pyridine rings is 1. The van der Waals surface area contributed by atoms with Gasteiger partial charge < -0.3 is 9.64 Å². The molecule has 10 heteroatoms. The molecule has 6 heterocycles. The van der Waals surface area contributed by atoms with Gasteiger partial charge in [-0.05, 0) is 41.0 Å². The molecule has 0 saturated carbocycles. The van der Waals surface area contributed by atoms with E-state index in [0.717, 1.165) is 54.7 Å². The summed E-state index contributed by atoms with van der Waals surface area (Å²) >= 11 is 3.06. The zero-order valence-corrected chi connectivity index (χ0v) is 29.1. The van der Waals surface area contributed by atoms with Gasteiger partial charge in [0.15, 0.2) is 0 Å². The van der Waals surface area contributed by atoms with Crippen LogP contribution in [0.1, 0.15) is 26.4 Å². The third-order valence-corrected chi connectivity index (χ3v) is 11.3. The number of ether oxygens (including phenoxy) is 1. The molecule has 0 atom stereocenters. The Balaban J connectivity index is 1.29. The maximum absolute atomic E-state index is 13.6. The molecule has 1 amide bonds. The maximum atomic E-state index is 13.6. The van der Waals surface area contributed by atoms with Gasteiger partial charge in [0.05, 0.1) is 29.2 Å². The summed E-state index contributed by atoms with van der Waals surface area (Å²) < 4.78 is 9.72. The average Bonchev–Trinajstić information content (AvgIpc) is 4.03. The zero-order valence-electron chi connectivity index (χ0n) is 27.5. The maximum Gasteiger partial charge on any atom is 0.264 e. The first kappa shape index (κ1) is 31.3. The van der Waals surface area contributed by atoms with Crippen molar-refractivity contribution in [3.8, 4) is 32.4 Å². The van der Waals surface area contributed by atoms with Crippen LogP contribution in [0.4, 0.5) is 0 Å². The van der Waals surface area contributed by atoms with Crippen LogP contribution in [0.3, 0.4) is 0 Å². The lowest BCUT2D eigenvalue weighted by Crippen LogP contribution is -2.40. The summed E-state index contributed by atoms with van der Waals surface area (Å²) in [4.78, 5) is 26.3. The molecule has 0 aliphatic carbocycles. The molecule has 1 aliphatic rings. The van der Waals surface area contributed by atoms with Crippen LogP contribution in [0.2, 0.25) is 0 Å². The number of amides is 1. The van der Waals surface area contributed by atoms with Crippen molar-refractivity contribution in [3.05, 3.63) is 167 Å². The molecule has 9 rings (SSSR count).